The van der Waals surface area contributed by atoms with Crippen LogP contribution in [0.25, 0.3) is 0 Å². The van der Waals surface area contributed by atoms with Crippen LogP contribution in [0.2, 0.25) is 0 Å². The second-order valence-corrected chi connectivity index (χ2v) is 6.46. The van der Waals surface area contributed by atoms with Crippen molar-refractivity contribution in [1.82, 2.24) is 15.2 Å². The number of nitrogens with zero attached hydrogens (tertiary/aromatic N) is 2. The molecule has 0 bridgehead atoms. The van der Waals surface area contributed by atoms with Gasteiger partial charge in [-0.3, -0.25) is 14.7 Å². The quantitative estimate of drug-likeness (QED) is 0.921. The van der Waals surface area contributed by atoms with Crippen LogP contribution in [-0.4, -0.2) is 53.7 Å². The average molecular weight is 321 g/mol. The molecule has 1 saturated carbocycles. The first-order valence-corrected chi connectivity index (χ1v) is 8.37. The topological polar surface area (TPSA) is 54.5 Å². The summed E-state index contributed by atoms with van der Waals surface area (Å²) in [7, 11) is 0. The van der Waals surface area contributed by atoms with E-state index in [1.165, 1.54) is 25.1 Å². The normalized spacial score (nSPS) is 22.7. The van der Waals surface area contributed by atoms with Gasteiger partial charge < -0.3 is 10.1 Å². The molecular weight excluding hydrogens is 297 g/mol. The van der Waals surface area contributed by atoms with Crippen LogP contribution in [0.15, 0.2) is 18.5 Å². The first-order chi connectivity index (χ1) is 11.1. The lowest BCUT2D eigenvalue weighted by molar-refractivity contribution is -0.0323. The van der Waals surface area contributed by atoms with Crippen LogP contribution >= 0.6 is 0 Å². The fourth-order valence-electron chi connectivity index (χ4n) is 3.99. The zero-order chi connectivity index (χ0) is 16.3. The number of hydrogen-bond donors (Lipinski definition) is 1. The van der Waals surface area contributed by atoms with E-state index < -0.39 is 5.82 Å². The second kappa shape index (κ2) is 6.93. The van der Waals surface area contributed by atoms with Crippen LogP contribution in [0.1, 0.15) is 43.0 Å². The Morgan fingerprint density at radius 1 is 1.39 bits per heavy atom. The van der Waals surface area contributed by atoms with Gasteiger partial charge in [0.2, 0.25) is 0 Å². The molecule has 1 atom stereocenters. The molecule has 2 fully saturated rings. The molecule has 1 saturated heterocycles. The van der Waals surface area contributed by atoms with Gasteiger partial charge in [0.1, 0.15) is 0 Å². The number of halogens is 1. The number of ether oxygens (including phenoxy) is 1. The van der Waals surface area contributed by atoms with E-state index in [1.807, 2.05) is 6.92 Å². The SMILES string of the molecule is C[C@@H](NC(=O)c1ccncc1F)C1(N2CCOCC2)CCCC1. The van der Waals surface area contributed by atoms with E-state index in [0.29, 0.717) is 0 Å². The number of morpholine rings is 1. The predicted molar refractivity (Wildman–Crippen MR) is 84.7 cm³/mol. The highest BCUT2D eigenvalue weighted by molar-refractivity contribution is 5.94. The van der Waals surface area contributed by atoms with Crippen molar-refractivity contribution in [2.75, 3.05) is 26.3 Å². The van der Waals surface area contributed by atoms with E-state index in [4.69, 9.17) is 4.74 Å². The van der Waals surface area contributed by atoms with Gasteiger partial charge >= 0.3 is 0 Å². The van der Waals surface area contributed by atoms with Gasteiger partial charge in [-0.2, -0.15) is 0 Å². The molecule has 0 aromatic carbocycles. The summed E-state index contributed by atoms with van der Waals surface area (Å²) in [5, 5.41) is 3.03. The fourth-order valence-corrected chi connectivity index (χ4v) is 3.99. The lowest BCUT2D eigenvalue weighted by Gasteiger charge is -2.47. The number of aromatic nitrogens is 1. The maximum absolute atomic E-state index is 13.8. The van der Waals surface area contributed by atoms with E-state index in [2.05, 4.69) is 15.2 Å². The van der Waals surface area contributed by atoms with Gasteiger partial charge in [-0.25, -0.2) is 4.39 Å². The summed E-state index contributed by atoms with van der Waals surface area (Å²) in [6, 6.07) is 1.39. The number of pyridine rings is 1. The molecule has 126 valence electrons. The van der Waals surface area contributed by atoms with Gasteiger partial charge in [-0.15, -0.1) is 0 Å². The third-order valence-electron chi connectivity index (χ3n) is 5.28. The van der Waals surface area contributed by atoms with E-state index in [9.17, 15) is 9.18 Å². The van der Waals surface area contributed by atoms with Gasteiger partial charge in [-0.05, 0) is 25.8 Å². The highest BCUT2D eigenvalue weighted by Crippen LogP contribution is 2.38. The zero-order valence-electron chi connectivity index (χ0n) is 13.6. The molecule has 2 aliphatic rings. The molecule has 0 unspecified atom stereocenters. The Balaban J connectivity index is 1.75. The second-order valence-electron chi connectivity index (χ2n) is 6.46. The summed E-state index contributed by atoms with van der Waals surface area (Å²) >= 11 is 0. The van der Waals surface area contributed by atoms with Gasteiger partial charge in [0, 0.05) is 30.9 Å². The van der Waals surface area contributed by atoms with Crippen LogP contribution in [0.3, 0.4) is 0 Å². The van der Waals surface area contributed by atoms with Crippen LogP contribution in [0.5, 0.6) is 0 Å². The Morgan fingerprint density at radius 3 is 2.74 bits per heavy atom. The minimum absolute atomic E-state index is 0.0387. The summed E-state index contributed by atoms with van der Waals surface area (Å²) in [5.74, 6) is -0.944. The molecule has 1 amide bonds. The summed E-state index contributed by atoms with van der Waals surface area (Å²) in [6.45, 7) is 5.30. The molecule has 2 heterocycles. The Hall–Kier alpha value is -1.53. The van der Waals surface area contributed by atoms with Crippen LogP contribution in [0.4, 0.5) is 4.39 Å². The van der Waals surface area contributed by atoms with Gasteiger partial charge in [0.25, 0.3) is 5.91 Å². The molecule has 23 heavy (non-hydrogen) atoms. The minimum atomic E-state index is -0.580. The van der Waals surface area contributed by atoms with Crippen molar-refractivity contribution in [2.45, 2.75) is 44.2 Å². The highest BCUT2D eigenvalue weighted by Gasteiger charge is 2.45. The molecule has 0 spiro atoms. The molecule has 0 radical (unpaired) electrons. The van der Waals surface area contributed by atoms with E-state index in [-0.39, 0.29) is 23.1 Å². The molecule has 1 aromatic heterocycles. The molecule has 1 aromatic rings. The fraction of sp³-hybridized carbons (Fsp3) is 0.647. The third kappa shape index (κ3) is 3.23. The number of rotatable bonds is 4. The third-order valence-corrected chi connectivity index (χ3v) is 5.28. The summed E-state index contributed by atoms with van der Waals surface area (Å²) < 4.78 is 19.2. The molecular formula is C17H24FN3O2. The van der Waals surface area contributed by atoms with Crippen molar-refractivity contribution in [3.8, 4) is 0 Å². The summed E-state index contributed by atoms with van der Waals surface area (Å²) in [4.78, 5) is 18.6. The van der Waals surface area contributed by atoms with Crippen LogP contribution in [0, 0.1) is 5.82 Å². The first-order valence-electron chi connectivity index (χ1n) is 8.37. The zero-order valence-corrected chi connectivity index (χ0v) is 13.6. The van der Waals surface area contributed by atoms with Crippen molar-refractivity contribution in [3.05, 3.63) is 29.8 Å². The largest absolute Gasteiger partial charge is 0.379 e. The lowest BCUT2D eigenvalue weighted by atomic mass is 9.86. The van der Waals surface area contributed by atoms with Gasteiger partial charge in [-0.1, -0.05) is 12.8 Å². The summed E-state index contributed by atoms with van der Waals surface area (Å²) in [6.07, 6.45) is 6.98. The van der Waals surface area contributed by atoms with Gasteiger partial charge in [0.15, 0.2) is 5.82 Å². The van der Waals surface area contributed by atoms with Crippen molar-refractivity contribution < 1.29 is 13.9 Å². The van der Waals surface area contributed by atoms with E-state index >= 15 is 0 Å². The molecule has 3 rings (SSSR count). The maximum Gasteiger partial charge on any atom is 0.254 e. The van der Waals surface area contributed by atoms with E-state index in [0.717, 1.165) is 45.3 Å². The van der Waals surface area contributed by atoms with Crippen molar-refractivity contribution in [3.63, 3.8) is 0 Å². The Morgan fingerprint density at radius 2 is 2.09 bits per heavy atom. The molecule has 1 aliphatic heterocycles. The summed E-state index contributed by atoms with van der Waals surface area (Å²) in [5.41, 5.74) is 0.0186. The molecule has 1 aliphatic carbocycles. The standard InChI is InChI=1S/C17H24FN3O2/c1-13(20-16(22)14-4-7-19-12-15(14)18)17(5-2-3-6-17)21-8-10-23-11-9-21/h4,7,12-13H,2-3,5-6,8-11H2,1H3,(H,20,22)/t13-/m1/s1. The molecule has 5 nitrogen and oxygen atoms in total. The lowest BCUT2D eigenvalue weighted by Crippen LogP contribution is -2.62. The minimum Gasteiger partial charge on any atom is -0.379 e. The number of carbonyl (C=O) groups is 1. The number of amides is 1. The number of carbonyl (C=O) groups excluding carboxylic acids is 1. The maximum atomic E-state index is 13.8. The predicted octanol–water partition coefficient (Wildman–Crippen LogP) is 1.98. The Labute approximate surface area is 136 Å². The van der Waals surface area contributed by atoms with Crippen molar-refractivity contribution in [2.24, 2.45) is 0 Å². The Kier molecular flexibility index (Phi) is 4.92. The van der Waals surface area contributed by atoms with Crippen molar-refractivity contribution in [1.29, 1.82) is 0 Å². The van der Waals surface area contributed by atoms with Crippen LogP contribution < -0.4 is 5.32 Å². The van der Waals surface area contributed by atoms with Crippen molar-refractivity contribution >= 4 is 5.91 Å². The highest BCUT2D eigenvalue weighted by atomic mass is 19.1. The monoisotopic (exact) mass is 321 g/mol. The Bertz CT molecular complexity index is 555. The van der Waals surface area contributed by atoms with Crippen LogP contribution in [-0.2, 0) is 4.74 Å². The number of hydrogen-bond acceptors (Lipinski definition) is 4. The number of nitrogens with one attached hydrogen (secondary N) is 1. The average Bonchev–Trinajstić information content (AvgIpc) is 3.07. The smallest absolute Gasteiger partial charge is 0.254 e. The first kappa shape index (κ1) is 16.3. The molecule has 6 heteroatoms. The molecule has 1 N–H and O–H groups in total. The van der Waals surface area contributed by atoms with Gasteiger partial charge in [0.05, 0.1) is 25.0 Å². The van der Waals surface area contributed by atoms with E-state index in [1.54, 1.807) is 0 Å².